The van der Waals surface area contributed by atoms with Crippen molar-refractivity contribution in [2.24, 2.45) is 0 Å². The largest absolute Gasteiger partial charge is 0.493 e. The lowest BCUT2D eigenvalue weighted by atomic mass is 10.1. The first-order valence-corrected chi connectivity index (χ1v) is 7.53. The Morgan fingerprint density at radius 2 is 1.91 bits per heavy atom. The van der Waals surface area contributed by atoms with Crippen molar-refractivity contribution >= 4 is 11.8 Å². The molecule has 7 heteroatoms. The summed E-state index contributed by atoms with van der Waals surface area (Å²) in [6.07, 6.45) is 2.44. The van der Waals surface area contributed by atoms with Gasteiger partial charge in [-0.15, -0.1) is 5.10 Å². The van der Waals surface area contributed by atoms with Gasteiger partial charge in [0.15, 0.2) is 17.3 Å². The summed E-state index contributed by atoms with van der Waals surface area (Å²) in [5.41, 5.74) is 1.15. The van der Waals surface area contributed by atoms with E-state index in [4.69, 9.17) is 9.47 Å². The van der Waals surface area contributed by atoms with Gasteiger partial charge in [0.1, 0.15) is 0 Å². The second-order valence-electron chi connectivity index (χ2n) is 5.33. The fourth-order valence-electron chi connectivity index (χ4n) is 2.08. The molecule has 0 amide bonds. The van der Waals surface area contributed by atoms with Gasteiger partial charge in [-0.2, -0.15) is 10.1 Å². The van der Waals surface area contributed by atoms with Gasteiger partial charge in [-0.25, -0.2) is 0 Å². The first kappa shape index (κ1) is 16.8. The number of methoxy groups -OCH3 is 2. The van der Waals surface area contributed by atoms with Crippen LogP contribution in [0.15, 0.2) is 24.4 Å². The van der Waals surface area contributed by atoms with Crippen molar-refractivity contribution in [2.45, 2.75) is 26.3 Å². The van der Waals surface area contributed by atoms with Crippen LogP contribution in [0.1, 0.15) is 19.4 Å². The third-order valence-corrected chi connectivity index (χ3v) is 3.14. The van der Waals surface area contributed by atoms with Crippen LogP contribution in [0.4, 0.5) is 11.8 Å². The Hall–Kier alpha value is -2.57. The second kappa shape index (κ2) is 8.17. The van der Waals surface area contributed by atoms with Gasteiger partial charge in [0.05, 0.1) is 20.4 Å². The maximum atomic E-state index is 5.31. The number of nitrogens with one attached hydrogen (secondary N) is 2. The molecular weight excluding hydrogens is 294 g/mol. The number of hydrogen-bond acceptors (Lipinski definition) is 7. The molecule has 0 aliphatic rings. The molecule has 2 aromatic rings. The van der Waals surface area contributed by atoms with Crippen LogP contribution in [-0.4, -0.2) is 42.0 Å². The minimum absolute atomic E-state index is 0.263. The van der Waals surface area contributed by atoms with Crippen molar-refractivity contribution in [3.63, 3.8) is 0 Å². The zero-order valence-corrected chi connectivity index (χ0v) is 14.0. The van der Waals surface area contributed by atoms with Gasteiger partial charge >= 0.3 is 0 Å². The van der Waals surface area contributed by atoms with Gasteiger partial charge < -0.3 is 20.1 Å². The van der Waals surface area contributed by atoms with E-state index in [0.29, 0.717) is 11.8 Å². The Kier molecular flexibility index (Phi) is 5.96. The quantitative estimate of drug-likeness (QED) is 0.773. The lowest BCUT2D eigenvalue weighted by Crippen LogP contribution is -2.14. The lowest BCUT2D eigenvalue weighted by Gasteiger charge is -2.11. The van der Waals surface area contributed by atoms with Gasteiger partial charge in [0, 0.05) is 12.6 Å². The fourth-order valence-corrected chi connectivity index (χ4v) is 2.08. The van der Waals surface area contributed by atoms with Crippen LogP contribution in [0.5, 0.6) is 11.5 Å². The highest BCUT2D eigenvalue weighted by molar-refractivity contribution is 5.43. The topological polar surface area (TPSA) is 81.2 Å². The first-order valence-electron chi connectivity index (χ1n) is 7.53. The summed E-state index contributed by atoms with van der Waals surface area (Å²) in [4.78, 5) is 4.36. The molecule has 0 atom stereocenters. The number of ether oxygens (including phenoxy) is 2. The highest BCUT2D eigenvalue weighted by atomic mass is 16.5. The SMILES string of the molecule is COc1ccc(CCNc2cnnc(NC(C)C)n2)cc1OC. The minimum Gasteiger partial charge on any atom is -0.493 e. The van der Waals surface area contributed by atoms with E-state index in [1.54, 1.807) is 20.4 Å². The van der Waals surface area contributed by atoms with Crippen LogP contribution in [0.3, 0.4) is 0 Å². The Morgan fingerprint density at radius 3 is 2.61 bits per heavy atom. The molecule has 0 spiro atoms. The van der Waals surface area contributed by atoms with Gasteiger partial charge in [0.25, 0.3) is 0 Å². The van der Waals surface area contributed by atoms with Crippen molar-refractivity contribution < 1.29 is 9.47 Å². The summed E-state index contributed by atoms with van der Waals surface area (Å²) in [6, 6.07) is 6.17. The Bertz CT molecular complexity index is 634. The molecule has 0 aliphatic carbocycles. The van der Waals surface area contributed by atoms with E-state index in [0.717, 1.165) is 30.0 Å². The molecule has 1 heterocycles. The monoisotopic (exact) mass is 317 g/mol. The molecule has 0 unspecified atom stereocenters. The van der Waals surface area contributed by atoms with E-state index in [9.17, 15) is 0 Å². The molecule has 23 heavy (non-hydrogen) atoms. The number of benzene rings is 1. The molecule has 1 aromatic carbocycles. The van der Waals surface area contributed by atoms with Gasteiger partial charge in [-0.3, -0.25) is 0 Å². The van der Waals surface area contributed by atoms with Crippen LogP contribution in [-0.2, 0) is 6.42 Å². The molecule has 2 rings (SSSR count). The average Bonchev–Trinajstić information content (AvgIpc) is 2.54. The summed E-state index contributed by atoms with van der Waals surface area (Å²) >= 11 is 0. The van der Waals surface area contributed by atoms with E-state index in [1.165, 1.54) is 0 Å². The maximum absolute atomic E-state index is 5.31. The van der Waals surface area contributed by atoms with E-state index in [1.807, 2.05) is 32.0 Å². The highest BCUT2D eigenvalue weighted by Crippen LogP contribution is 2.27. The van der Waals surface area contributed by atoms with E-state index >= 15 is 0 Å². The predicted molar refractivity (Wildman–Crippen MR) is 90.3 cm³/mol. The summed E-state index contributed by atoms with van der Waals surface area (Å²) in [5.74, 6) is 2.69. The molecule has 1 aromatic heterocycles. The van der Waals surface area contributed by atoms with Crippen LogP contribution in [0.2, 0.25) is 0 Å². The van der Waals surface area contributed by atoms with E-state index in [-0.39, 0.29) is 6.04 Å². The summed E-state index contributed by atoms with van der Waals surface area (Å²) in [6.45, 7) is 4.79. The van der Waals surface area contributed by atoms with Crippen molar-refractivity contribution in [3.8, 4) is 11.5 Å². The number of anilines is 2. The normalized spacial score (nSPS) is 10.5. The van der Waals surface area contributed by atoms with Crippen molar-refractivity contribution in [1.82, 2.24) is 15.2 Å². The molecule has 0 fully saturated rings. The molecule has 0 saturated heterocycles. The molecule has 0 radical (unpaired) electrons. The summed E-state index contributed by atoms with van der Waals surface area (Å²) in [5, 5.41) is 14.3. The number of hydrogen-bond donors (Lipinski definition) is 2. The Labute approximate surface area is 136 Å². The van der Waals surface area contributed by atoms with Crippen LogP contribution >= 0.6 is 0 Å². The second-order valence-corrected chi connectivity index (χ2v) is 5.33. The van der Waals surface area contributed by atoms with Crippen LogP contribution in [0, 0.1) is 0 Å². The fraction of sp³-hybridized carbons (Fsp3) is 0.438. The molecule has 7 nitrogen and oxygen atoms in total. The highest BCUT2D eigenvalue weighted by Gasteiger charge is 2.05. The van der Waals surface area contributed by atoms with Gasteiger partial charge in [0.2, 0.25) is 5.95 Å². The zero-order valence-electron chi connectivity index (χ0n) is 14.0. The van der Waals surface area contributed by atoms with Crippen molar-refractivity contribution in [1.29, 1.82) is 0 Å². The standard InChI is InChI=1S/C16H23N5O2/c1-11(2)19-16-20-15(10-18-21-16)17-8-7-12-5-6-13(22-3)14(9-12)23-4/h5-6,9-11H,7-8H2,1-4H3,(H2,17,19,20,21). The number of rotatable bonds is 8. The minimum atomic E-state index is 0.263. The summed E-state index contributed by atoms with van der Waals surface area (Å²) in [7, 11) is 3.26. The Morgan fingerprint density at radius 1 is 1.13 bits per heavy atom. The molecule has 2 N–H and O–H groups in total. The van der Waals surface area contributed by atoms with E-state index < -0.39 is 0 Å². The molecule has 0 aliphatic heterocycles. The van der Waals surface area contributed by atoms with Gasteiger partial charge in [-0.05, 0) is 38.0 Å². The lowest BCUT2D eigenvalue weighted by molar-refractivity contribution is 0.354. The maximum Gasteiger partial charge on any atom is 0.244 e. The van der Waals surface area contributed by atoms with Crippen molar-refractivity contribution in [3.05, 3.63) is 30.0 Å². The number of nitrogens with zero attached hydrogens (tertiary/aromatic N) is 3. The van der Waals surface area contributed by atoms with Crippen LogP contribution < -0.4 is 20.1 Å². The average molecular weight is 317 g/mol. The molecule has 124 valence electrons. The zero-order chi connectivity index (χ0) is 16.7. The van der Waals surface area contributed by atoms with Crippen molar-refractivity contribution in [2.75, 3.05) is 31.4 Å². The molecular formula is C16H23N5O2. The third kappa shape index (κ3) is 4.98. The smallest absolute Gasteiger partial charge is 0.244 e. The predicted octanol–water partition coefficient (Wildman–Crippen LogP) is 2.36. The third-order valence-electron chi connectivity index (χ3n) is 3.14. The first-order chi connectivity index (χ1) is 11.1. The summed E-state index contributed by atoms with van der Waals surface area (Å²) < 4.78 is 10.5. The van der Waals surface area contributed by atoms with E-state index in [2.05, 4.69) is 25.8 Å². The Balaban J connectivity index is 1.92. The molecule has 0 bridgehead atoms. The van der Waals surface area contributed by atoms with Crippen LogP contribution in [0.25, 0.3) is 0 Å². The molecule has 0 saturated carbocycles. The van der Waals surface area contributed by atoms with Gasteiger partial charge in [-0.1, -0.05) is 6.07 Å². The number of aromatic nitrogens is 3.